The number of hydrogen-bond acceptors (Lipinski definition) is 3. The molecule has 0 unspecified atom stereocenters. The summed E-state index contributed by atoms with van der Waals surface area (Å²) in [6.45, 7) is 3.86. The van der Waals surface area contributed by atoms with E-state index in [4.69, 9.17) is 16.3 Å². The smallest absolute Gasteiger partial charge is 0.261 e. The lowest BCUT2D eigenvalue weighted by atomic mass is 10.2. The van der Waals surface area contributed by atoms with Crippen LogP contribution in [0.2, 0.25) is 5.02 Å². The first kappa shape index (κ1) is 19.8. The number of carbonyl (C=O) groups excluding carboxylic acids is 1. The van der Waals surface area contributed by atoms with Gasteiger partial charge in [0.1, 0.15) is 11.3 Å². The molecule has 0 aliphatic carbocycles. The molecule has 7 heteroatoms. The average molecular weight is 421 g/mol. The van der Waals surface area contributed by atoms with Crippen molar-refractivity contribution in [2.24, 2.45) is 0 Å². The van der Waals surface area contributed by atoms with Gasteiger partial charge in [-0.2, -0.15) is 5.10 Å². The number of rotatable bonds is 5. The number of nitrogens with zero attached hydrogens (tertiary/aromatic N) is 3. The molecule has 2 heterocycles. The number of nitrogens with one attached hydrogen (secondary N) is 1. The van der Waals surface area contributed by atoms with Gasteiger partial charge in [-0.05, 0) is 56.3 Å². The number of hydrogen-bond donors (Lipinski definition) is 1. The van der Waals surface area contributed by atoms with Crippen LogP contribution in [-0.2, 0) is 0 Å². The Balaban J connectivity index is 1.78. The molecule has 152 valence electrons. The van der Waals surface area contributed by atoms with Gasteiger partial charge < -0.3 is 14.6 Å². The molecule has 1 N–H and O–H groups in total. The van der Waals surface area contributed by atoms with Gasteiger partial charge in [0.05, 0.1) is 23.5 Å². The van der Waals surface area contributed by atoms with E-state index >= 15 is 0 Å². The van der Waals surface area contributed by atoms with E-state index in [1.807, 2.05) is 67.2 Å². The van der Waals surface area contributed by atoms with Crippen LogP contribution in [0.25, 0.3) is 11.5 Å². The molecule has 2 aromatic heterocycles. The number of amides is 1. The van der Waals surface area contributed by atoms with Gasteiger partial charge in [0.15, 0.2) is 5.82 Å². The summed E-state index contributed by atoms with van der Waals surface area (Å²) in [7, 11) is 1.55. The number of aryl methyl sites for hydroxylation is 2. The molecule has 0 bridgehead atoms. The first-order valence-electron chi connectivity index (χ1n) is 9.43. The zero-order valence-corrected chi connectivity index (χ0v) is 17.6. The lowest BCUT2D eigenvalue weighted by Gasteiger charge is -2.12. The molecular formula is C23H21ClN4O2. The van der Waals surface area contributed by atoms with Crippen LogP contribution in [-0.4, -0.2) is 27.4 Å². The third kappa shape index (κ3) is 3.69. The standard InChI is InChI=1S/C23H21ClN4O2/c1-15-6-9-18(10-7-15)28-23(27-12-4-5-13-27)21(16(2)26-28)22(29)25-17-8-11-20(30-3)19(24)14-17/h4-14H,1-3H3,(H,25,29). The summed E-state index contributed by atoms with van der Waals surface area (Å²) < 4.78 is 8.84. The van der Waals surface area contributed by atoms with Crippen LogP contribution in [0.3, 0.4) is 0 Å². The third-order valence-corrected chi connectivity index (χ3v) is 5.10. The number of aromatic nitrogens is 3. The molecule has 0 atom stereocenters. The first-order valence-corrected chi connectivity index (χ1v) is 9.80. The Morgan fingerprint density at radius 3 is 2.40 bits per heavy atom. The van der Waals surface area contributed by atoms with Crippen molar-refractivity contribution in [1.29, 1.82) is 0 Å². The molecule has 30 heavy (non-hydrogen) atoms. The topological polar surface area (TPSA) is 61.1 Å². The normalized spacial score (nSPS) is 10.8. The van der Waals surface area contributed by atoms with E-state index in [-0.39, 0.29) is 5.91 Å². The van der Waals surface area contributed by atoms with Gasteiger partial charge in [-0.3, -0.25) is 4.79 Å². The van der Waals surface area contributed by atoms with E-state index in [1.54, 1.807) is 30.0 Å². The maximum absolute atomic E-state index is 13.3. The highest BCUT2D eigenvalue weighted by atomic mass is 35.5. The summed E-state index contributed by atoms with van der Waals surface area (Å²) in [5.41, 5.74) is 3.71. The molecule has 0 radical (unpaired) electrons. The van der Waals surface area contributed by atoms with Crippen molar-refractivity contribution in [3.8, 4) is 17.3 Å². The third-order valence-electron chi connectivity index (χ3n) is 4.80. The summed E-state index contributed by atoms with van der Waals surface area (Å²) in [6.07, 6.45) is 3.78. The first-order chi connectivity index (χ1) is 14.5. The number of carbonyl (C=O) groups is 1. The minimum Gasteiger partial charge on any atom is -0.495 e. The van der Waals surface area contributed by atoms with E-state index < -0.39 is 0 Å². The SMILES string of the molecule is COc1ccc(NC(=O)c2c(C)nn(-c3ccc(C)cc3)c2-n2cccc2)cc1Cl. The Kier molecular flexibility index (Phi) is 5.33. The van der Waals surface area contributed by atoms with E-state index in [1.165, 1.54) is 0 Å². The molecule has 1 amide bonds. The molecule has 0 aliphatic rings. The Morgan fingerprint density at radius 1 is 1.07 bits per heavy atom. The van der Waals surface area contributed by atoms with Crippen molar-refractivity contribution in [2.45, 2.75) is 13.8 Å². The van der Waals surface area contributed by atoms with E-state index in [2.05, 4.69) is 10.4 Å². The van der Waals surface area contributed by atoms with Crippen molar-refractivity contribution in [1.82, 2.24) is 14.3 Å². The predicted octanol–water partition coefficient (Wildman–Crippen LogP) is 5.19. The summed E-state index contributed by atoms with van der Waals surface area (Å²) in [6, 6.07) is 17.0. The van der Waals surface area contributed by atoms with Crippen molar-refractivity contribution in [3.05, 3.63) is 88.8 Å². The second-order valence-electron chi connectivity index (χ2n) is 6.93. The minimum absolute atomic E-state index is 0.268. The summed E-state index contributed by atoms with van der Waals surface area (Å²) in [4.78, 5) is 13.3. The zero-order chi connectivity index (χ0) is 21.3. The molecule has 0 saturated carbocycles. The zero-order valence-electron chi connectivity index (χ0n) is 16.9. The Hall–Kier alpha value is -3.51. The van der Waals surface area contributed by atoms with Gasteiger partial charge in [-0.1, -0.05) is 29.3 Å². The summed E-state index contributed by atoms with van der Waals surface area (Å²) >= 11 is 6.20. The van der Waals surface area contributed by atoms with Gasteiger partial charge in [0.25, 0.3) is 5.91 Å². The minimum atomic E-state index is -0.268. The number of ether oxygens (including phenoxy) is 1. The van der Waals surface area contributed by atoms with Crippen molar-refractivity contribution in [3.63, 3.8) is 0 Å². The van der Waals surface area contributed by atoms with Crippen LogP contribution < -0.4 is 10.1 Å². The fourth-order valence-corrected chi connectivity index (χ4v) is 3.56. The average Bonchev–Trinajstić information content (AvgIpc) is 3.36. The molecule has 0 fully saturated rings. The maximum Gasteiger partial charge on any atom is 0.261 e. The highest BCUT2D eigenvalue weighted by Gasteiger charge is 2.24. The van der Waals surface area contributed by atoms with E-state index in [9.17, 15) is 4.79 Å². The number of benzene rings is 2. The lowest BCUT2D eigenvalue weighted by molar-refractivity contribution is 0.102. The van der Waals surface area contributed by atoms with Crippen LogP contribution in [0.5, 0.6) is 5.75 Å². The van der Waals surface area contributed by atoms with Crippen LogP contribution in [0, 0.1) is 13.8 Å². The Labute approximate surface area is 179 Å². The monoisotopic (exact) mass is 420 g/mol. The van der Waals surface area contributed by atoms with Crippen LogP contribution in [0.15, 0.2) is 67.0 Å². The van der Waals surface area contributed by atoms with E-state index in [0.717, 1.165) is 11.3 Å². The Bertz CT molecular complexity index is 1190. The molecule has 4 rings (SSSR count). The number of halogens is 1. The van der Waals surface area contributed by atoms with Crippen LogP contribution in [0.4, 0.5) is 5.69 Å². The fourth-order valence-electron chi connectivity index (χ4n) is 3.30. The van der Waals surface area contributed by atoms with Crippen molar-refractivity contribution >= 4 is 23.2 Å². The highest BCUT2D eigenvalue weighted by Crippen LogP contribution is 2.29. The lowest BCUT2D eigenvalue weighted by Crippen LogP contribution is -2.16. The maximum atomic E-state index is 13.3. The summed E-state index contributed by atoms with van der Waals surface area (Å²) in [5.74, 6) is 0.945. The van der Waals surface area contributed by atoms with Crippen molar-refractivity contribution in [2.75, 3.05) is 12.4 Å². The van der Waals surface area contributed by atoms with Gasteiger partial charge >= 0.3 is 0 Å². The molecule has 2 aromatic carbocycles. The molecular weight excluding hydrogens is 400 g/mol. The second kappa shape index (κ2) is 8.08. The molecule has 6 nitrogen and oxygen atoms in total. The van der Waals surface area contributed by atoms with E-state index in [0.29, 0.717) is 33.5 Å². The molecule has 0 spiro atoms. The molecule has 0 aliphatic heterocycles. The van der Waals surface area contributed by atoms with Gasteiger partial charge in [0.2, 0.25) is 0 Å². The Morgan fingerprint density at radius 2 is 1.77 bits per heavy atom. The fraction of sp³-hybridized carbons (Fsp3) is 0.130. The largest absolute Gasteiger partial charge is 0.495 e. The molecule has 4 aromatic rings. The number of anilines is 1. The van der Waals surface area contributed by atoms with Crippen molar-refractivity contribution < 1.29 is 9.53 Å². The van der Waals surface area contributed by atoms with Crippen LogP contribution >= 0.6 is 11.6 Å². The summed E-state index contributed by atoms with van der Waals surface area (Å²) in [5, 5.41) is 8.01. The quantitative estimate of drug-likeness (QED) is 0.483. The highest BCUT2D eigenvalue weighted by molar-refractivity contribution is 6.32. The molecule has 0 saturated heterocycles. The van der Waals surface area contributed by atoms with Gasteiger partial charge in [-0.15, -0.1) is 0 Å². The second-order valence-corrected chi connectivity index (χ2v) is 7.33. The van der Waals surface area contributed by atoms with Crippen LogP contribution in [0.1, 0.15) is 21.6 Å². The van der Waals surface area contributed by atoms with Gasteiger partial charge in [0, 0.05) is 18.1 Å². The van der Waals surface area contributed by atoms with Gasteiger partial charge in [-0.25, -0.2) is 4.68 Å². The predicted molar refractivity (Wildman–Crippen MR) is 118 cm³/mol. The number of methoxy groups -OCH3 is 1.